The zero-order valence-corrected chi connectivity index (χ0v) is 11.8. The normalized spacial score (nSPS) is 15.1. The predicted octanol–water partition coefficient (Wildman–Crippen LogP) is 3.67. The molecule has 1 fully saturated rings. The Labute approximate surface area is 111 Å². The third-order valence-corrected chi connectivity index (χ3v) is 3.61. The van der Waals surface area contributed by atoms with Crippen LogP contribution in [0.4, 0.5) is 5.69 Å². The highest BCUT2D eigenvalue weighted by molar-refractivity contribution is 5.45. The lowest BCUT2D eigenvalue weighted by atomic mass is 10.2. The summed E-state index contributed by atoms with van der Waals surface area (Å²) in [4.78, 5) is 2.66. The first kappa shape index (κ1) is 13.4. The third-order valence-electron chi connectivity index (χ3n) is 3.61. The van der Waals surface area contributed by atoms with Crippen LogP contribution in [-0.4, -0.2) is 30.6 Å². The monoisotopic (exact) mass is 246 g/mol. The van der Waals surface area contributed by atoms with E-state index in [-0.39, 0.29) is 0 Å². The summed E-state index contributed by atoms with van der Waals surface area (Å²) < 4.78 is 0. The molecule has 0 unspecified atom stereocenters. The Balaban J connectivity index is 1.72. The molecule has 0 spiro atoms. The van der Waals surface area contributed by atoms with Crippen LogP contribution >= 0.6 is 0 Å². The van der Waals surface area contributed by atoms with E-state index in [0.29, 0.717) is 0 Å². The first-order valence-electron chi connectivity index (χ1n) is 7.34. The Morgan fingerprint density at radius 1 is 1.28 bits per heavy atom. The molecule has 2 rings (SSSR count). The number of aryl methyl sites for hydroxylation is 1. The Bertz CT molecular complexity index is 358. The van der Waals surface area contributed by atoms with E-state index in [1.165, 1.54) is 50.0 Å². The molecule has 1 aromatic rings. The predicted molar refractivity (Wildman–Crippen MR) is 79.2 cm³/mol. The summed E-state index contributed by atoms with van der Waals surface area (Å²) in [7, 11) is 0. The average Bonchev–Trinajstić information content (AvgIpc) is 3.18. The quantitative estimate of drug-likeness (QED) is 0.753. The Morgan fingerprint density at radius 2 is 2.11 bits per heavy atom. The van der Waals surface area contributed by atoms with Crippen molar-refractivity contribution < 1.29 is 0 Å². The highest BCUT2D eigenvalue weighted by Crippen LogP contribution is 2.26. The van der Waals surface area contributed by atoms with Gasteiger partial charge in [0.05, 0.1) is 0 Å². The standard InChI is InChI=1S/C16H26N2/c1-3-4-11-18(16-8-9-16)12-10-17-15-7-5-6-14(2)13-15/h5-7,13,16-17H,3-4,8-12H2,1-2H3. The van der Waals surface area contributed by atoms with Gasteiger partial charge in [0.25, 0.3) is 0 Å². The van der Waals surface area contributed by atoms with E-state index in [4.69, 9.17) is 0 Å². The first-order chi connectivity index (χ1) is 8.79. The molecule has 0 aliphatic heterocycles. The topological polar surface area (TPSA) is 15.3 Å². The first-order valence-corrected chi connectivity index (χ1v) is 7.34. The average molecular weight is 246 g/mol. The van der Waals surface area contributed by atoms with Crippen molar-refractivity contribution in [2.24, 2.45) is 0 Å². The number of unbranched alkanes of at least 4 members (excludes halogenated alkanes) is 1. The molecule has 2 heteroatoms. The molecular formula is C16H26N2. The van der Waals surface area contributed by atoms with Crippen molar-refractivity contribution in [1.29, 1.82) is 0 Å². The molecule has 1 saturated carbocycles. The van der Waals surface area contributed by atoms with Crippen molar-refractivity contribution in [3.05, 3.63) is 29.8 Å². The minimum absolute atomic E-state index is 0.885. The summed E-state index contributed by atoms with van der Waals surface area (Å²) >= 11 is 0. The maximum absolute atomic E-state index is 3.53. The molecule has 2 nitrogen and oxygen atoms in total. The van der Waals surface area contributed by atoms with Gasteiger partial charge in [-0.25, -0.2) is 0 Å². The Kier molecular flexibility index (Phi) is 5.06. The number of hydrogen-bond acceptors (Lipinski definition) is 2. The van der Waals surface area contributed by atoms with Gasteiger partial charge in [0.15, 0.2) is 0 Å². The fourth-order valence-electron chi connectivity index (χ4n) is 2.38. The van der Waals surface area contributed by atoms with Crippen molar-refractivity contribution in [2.75, 3.05) is 25.0 Å². The van der Waals surface area contributed by atoms with Gasteiger partial charge in [-0.2, -0.15) is 0 Å². The van der Waals surface area contributed by atoms with Crippen LogP contribution < -0.4 is 5.32 Å². The zero-order valence-electron chi connectivity index (χ0n) is 11.8. The minimum Gasteiger partial charge on any atom is -0.384 e. The van der Waals surface area contributed by atoms with Gasteiger partial charge < -0.3 is 5.32 Å². The summed E-state index contributed by atoms with van der Waals surface area (Å²) in [5, 5.41) is 3.53. The Morgan fingerprint density at radius 3 is 2.78 bits per heavy atom. The second kappa shape index (κ2) is 6.79. The van der Waals surface area contributed by atoms with Gasteiger partial charge in [-0.15, -0.1) is 0 Å². The van der Waals surface area contributed by atoms with Gasteiger partial charge in [-0.3, -0.25) is 4.90 Å². The van der Waals surface area contributed by atoms with Gasteiger partial charge in [0.1, 0.15) is 0 Å². The molecule has 0 saturated heterocycles. The molecule has 0 atom stereocenters. The summed E-state index contributed by atoms with van der Waals surface area (Å²) in [6.07, 6.45) is 5.46. The second-order valence-electron chi connectivity index (χ2n) is 5.42. The van der Waals surface area contributed by atoms with Crippen LogP contribution in [0.1, 0.15) is 38.2 Å². The highest BCUT2D eigenvalue weighted by atomic mass is 15.2. The summed E-state index contributed by atoms with van der Waals surface area (Å²) in [5.41, 5.74) is 2.58. The summed E-state index contributed by atoms with van der Waals surface area (Å²) in [6, 6.07) is 9.51. The third kappa shape index (κ3) is 4.34. The van der Waals surface area contributed by atoms with Crippen molar-refractivity contribution >= 4 is 5.69 Å². The SMILES string of the molecule is CCCCN(CCNc1cccc(C)c1)C1CC1. The Hall–Kier alpha value is -1.02. The fraction of sp³-hybridized carbons (Fsp3) is 0.625. The van der Waals surface area contributed by atoms with E-state index in [1.807, 2.05) is 0 Å². The molecule has 1 aromatic carbocycles. The van der Waals surface area contributed by atoms with Crippen molar-refractivity contribution in [1.82, 2.24) is 4.90 Å². The van der Waals surface area contributed by atoms with E-state index < -0.39 is 0 Å². The molecule has 0 aromatic heterocycles. The molecule has 18 heavy (non-hydrogen) atoms. The molecule has 1 aliphatic carbocycles. The number of rotatable bonds is 8. The molecule has 100 valence electrons. The molecule has 0 radical (unpaired) electrons. The van der Waals surface area contributed by atoms with Crippen molar-refractivity contribution in [2.45, 2.75) is 45.6 Å². The number of nitrogens with zero attached hydrogens (tertiary/aromatic N) is 1. The van der Waals surface area contributed by atoms with Gasteiger partial charge in [0, 0.05) is 24.8 Å². The van der Waals surface area contributed by atoms with E-state index in [0.717, 1.165) is 12.6 Å². The maximum atomic E-state index is 3.53. The van der Waals surface area contributed by atoms with E-state index in [1.54, 1.807) is 0 Å². The summed E-state index contributed by atoms with van der Waals surface area (Å²) in [5.74, 6) is 0. The van der Waals surface area contributed by atoms with Crippen molar-refractivity contribution in [3.63, 3.8) is 0 Å². The molecule has 0 bridgehead atoms. The molecule has 0 heterocycles. The largest absolute Gasteiger partial charge is 0.384 e. The van der Waals surface area contributed by atoms with Gasteiger partial charge in [-0.1, -0.05) is 25.5 Å². The smallest absolute Gasteiger partial charge is 0.0343 e. The lowest BCUT2D eigenvalue weighted by molar-refractivity contribution is 0.269. The van der Waals surface area contributed by atoms with Crippen LogP contribution in [0.5, 0.6) is 0 Å². The maximum Gasteiger partial charge on any atom is 0.0343 e. The van der Waals surface area contributed by atoms with Crippen LogP contribution in [0.15, 0.2) is 24.3 Å². The zero-order chi connectivity index (χ0) is 12.8. The van der Waals surface area contributed by atoms with Gasteiger partial charge >= 0.3 is 0 Å². The van der Waals surface area contributed by atoms with Crippen molar-refractivity contribution in [3.8, 4) is 0 Å². The van der Waals surface area contributed by atoms with E-state index >= 15 is 0 Å². The van der Waals surface area contributed by atoms with Crippen LogP contribution in [0.25, 0.3) is 0 Å². The van der Waals surface area contributed by atoms with Gasteiger partial charge in [0.2, 0.25) is 0 Å². The molecule has 1 N–H and O–H groups in total. The molecule has 1 aliphatic rings. The fourth-order valence-corrected chi connectivity index (χ4v) is 2.38. The summed E-state index contributed by atoms with van der Waals surface area (Å²) in [6.45, 7) is 7.93. The lowest BCUT2D eigenvalue weighted by Gasteiger charge is -2.22. The number of nitrogens with one attached hydrogen (secondary N) is 1. The minimum atomic E-state index is 0.885. The van der Waals surface area contributed by atoms with Crippen LogP contribution in [0.3, 0.4) is 0 Å². The number of benzene rings is 1. The van der Waals surface area contributed by atoms with Crippen LogP contribution in [-0.2, 0) is 0 Å². The van der Waals surface area contributed by atoms with Crippen LogP contribution in [0, 0.1) is 6.92 Å². The number of anilines is 1. The highest BCUT2D eigenvalue weighted by Gasteiger charge is 2.27. The number of hydrogen-bond donors (Lipinski definition) is 1. The molecule has 0 amide bonds. The van der Waals surface area contributed by atoms with Crippen LogP contribution in [0.2, 0.25) is 0 Å². The van der Waals surface area contributed by atoms with E-state index in [2.05, 4.69) is 48.3 Å². The van der Waals surface area contributed by atoms with Gasteiger partial charge in [-0.05, 0) is 50.4 Å². The van der Waals surface area contributed by atoms with E-state index in [9.17, 15) is 0 Å². The molecular weight excluding hydrogens is 220 g/mol. The second-order valence-corrected chi connectivity index (χ2v) is 5.42. The lowest BCUT2D eigenvalue weighted by Crippen LogP contribution is -2.32.